The number of esters is 1. The second-order valence-electron chi connectivity index (χ2n) is 4.25. The number of hydrogen-bond donors (Lipinski definition) is 1. The van der Waals surface area contributed by atoms with Gasteiger partial charge in [0.2, 0.25) is 0 Å². The molecule has 0 radical (unpaired) electrons. The molecule has 0 saturated heterocycles. The van der Waals surface area contributed by atoms with Crippen LogP contribution in [0, 0.1) is 27.7 Å². The number of carbonyl (C=O) groups is 1. The third-order valence-corrected chi connectivity index (χ3v) is 3.85. The second kappa shape index (κ2) is 4.57. The lowest BCUT2D eigenvalue weighted by Crippen LogP contribution is -2.03. The van der Waals surface area contributed by atoms with Crippen LogP contribution in [0.1, 0.15) is 31.5 Å². The molecule has 0 atom stereocenters. The van der Waals surface area contributed by atoms with Gasteiger partial charge in [0.25, 0.3) is 0 Å². The van der Waals surface area contributed by atoms with Crippen LogP contribution in [-0.4, -0.2) is 23.0 Å². The number of aromatic amines is 1. The van der Waals surface area contributed by atoms with Crippen molar-refractivity contribution in [1.29, 1.82) is 0 Å². The highest BCUT2D eigenvalue weighted by Crippen LogP contribution is 2.31. The number of hydrogen-bond acceptors (Lipinski definition) is 4. The zero-order chi connectivity index (χ0) is 13.4. The maximum absolute atomic E-state index is 11.7. The van der Waals surface area contributed by atoms with Gasteiger partial charge in [-0.2, -0.15) is 0 Å². The van der Waals surface area contributed by atoms with E-state index in [9.17, 15) is 4.79 Å². The molecule has 2 aromatic rings. The topological polar surface area (TPSA) is 55.0 Å². The third-order valence-electron chi connectivity index (χ3n) is 2.97. The molecular weight excluding hydrogens is 248 g/mol. The van der Waals surface area contributed by atoms with Gasteiger partial charge in [-0.15, -0.1) is 11.3 Å². The highest BCUT2D eigenvalue weighted by atomic mass is 32.1. The number of methoxy groups -OCH3 is 1. The molecule has 0 aliphatic carbocycles. The van der Waals surface area contributed by atoms with Gasteiger partial charge >= 0.3 is 5.97 Å². The standard InChI is InChI=1S/C13H16N2O2S/c1-6-10(13(16)17-5)7(2)14-11(6)12-8(3)18-9(4)15-12/h14H,1-5H3. The van der Waals surface area contributed by atoms with E-state index in [2.05, 4.69) is 9.97 Å². The van der Waals surface area contributed by atoms with Gasteiger partial charge in [0, 0.05) is 10.6 Å². The SMILES string of the molecule is COC(=O)c1c(C)[nH]c(-c2nc(C)sc2C)c1C. The normalized spacial score (nSPS) is 10.7. The Morgan fingerprint density at radius 1 is 1.28 bits per heavy atom. The number of H-pyrrole nitrogens is 1. The zero-order valence-corrected chi connectivity index (χ0v) is 12.0. The van der Waals surface area contributed by atoms with Gasteiger partial charge in [-0.3, -0.25) is 0 Å². The Morgan fingerprint density at radius 3 is 2.44 bits per heavy atom. The smallest absolute Gasteiger partial charge is 0.339 e. The summed E-state index contributed by atoms with van der Waals surface area (Å²) in [5, 5.41) is 1.02. The molecule has 96 valence electrons. The molecule has 0 aliphatic rings. The minimum Gasteiger partial charge on any atom is -0.465 e. The van der Waals surface area contributed by atoms with Crippen molar-refractivity contribution in [3.8, 4) is 11.4 Å². The Bertz CT molecular complexity index is 611. The van der Waals surface area contributed by atoms with Crippen molar-refractivity contribution in [3.63, 3.8) is 0 Å². The van der Waals surface area contributed by atoms with Crippen LogP contribution in [0.5, 0.6) is 0 Å². The molecule has 4 nitrogen and oxygen atoms in total. The number of nitrogens with zero attached hydrogens (tertiary/aromatic N) is 1. The molecule has 2 heterocycles. The maximum atomic E-state index is 11.7. The van der Waals surface area contributed by atoms with Crippen LogP contribution in [0.25, 0.3) is 11.4 Å². The van der Waals surface area contributed by atoms with Crippen molar-refractivity contribution in [3.05, 3.63) is 26.7 Å². The molecule has 2 rings (SSSR count). The van der Waals surface area contributed by atoms with Crippen LogP contribution < -0.4 is 0 Å². The lowest BCUT2D eigenvalue weighted by Gasteiger charge is -2.00. The fourth-order valence-electron chi connectivity index (χ4n) is 2.16. The molecule has 2 aromatic heterocycles. The molecule has 18 heavy (non-hydrogen) atoms. The summed E-state index contributed by atoms with van der Waals surface area (Å²) in [7, 11) is 1.39. The summed E-state index contributed by atoms with van der Waals surface area (Å²) < 4.78 is 4.81. The average Bonchev–Trinajstić information content (AvgIpc) is 2.78. The van der Waals surface area contributed by atoms with Crippen molar-refractivity contribution < 1.29 is 9.53 Å². The minimum absolute atomic E-state index is 0.308. The third kappa shape index (κ3) is 1.95. The van der Waals surface area contributed by atoms with Gasteiger partial charge in [-0.05, 0) is 33.3 Å². The summed E-state index contributed by atoms with van der Waals surface area (Å²) >= 11 is 1.65. The maximum Gasteiger partial charge on any atom is 0.339 e. The van der Waals surface area contributed by atoms with E-state index < -0.39 is 0 Å². The lowest BCUT2D eigenvalue weighted by molar-refractivity contribution is 0.0599. The molecule has 0 bridgehead atoms. The van der Waals surface area contributed by atoms with Crippen LogP contribution >= 0.6 is 11.3 Å². The first-order valence-electron chi connectivity index (χ1n) is 5.67. The van der Waals surface area contributed by atoms with Gasteiger partial charge in [-0.1, -0.05) is 0 Å². The molecule has 5 heteroatoms. The fourth-order valence-corrected chi connectivity index (χ4v) is 2.98. The summed E-state index contributed by atoms with van der Waals surface area (Å²) in [6.07, 6.45) is 0. The highest BCUT2D eigenvalue weighted by molar-refractivity contribution is 7.11. The van der Waals surface area contributed by atoms with E-state index in [1.165, 1.54) is 7.11 Å². The largest absolute Gasteiger partial charge is 0.465 e. The van der Waals surface area contributed by atoms with Crippen molar-refractivity contribution >= 4 is 17.3 Å². The Morgan fingerprint density at radius 2 is 1.94 bits per heavy atom. The predicted molar refractivity (Wildman–Crippen MR) is 72.2 cm³/mol. The van der Waals surface area contributed by atoms with E-state index in [-0.39, 0.29) is 5.97 Å². The molecule has 0 unspecified atom stereocenters. The van der Waals surface area contributed by atoms with Crippen molar-refractivity contribution in [2.24, 2.45) is 0 Å². The van der Waals surface area contributed by atoms with E-state index in [0.717, 1.165) is 32.5 Å². The highest BCUT2D eigenvalue weighted by Gasteiger charge is 2.21. The number of carbonyl (C=O) groups excluding carboxylic acids is 1. The Balaban J connectivity index is 2.61. The van der Waals surface area contributed by atoms with Gasteiger partial charge in [0.1, 0.15) is 5.69 Å². The second-order valence-corrected chi connectivity index (χ2v) is 5.66. The molecule has 0 aliphatic heterocycles. The summed E-state index contributed by atoms with van der Waals surface area (Å²) in [4.78, 5) is 20.6. The van der Waals surface area contributed by atoms with E-state index in [0.29, 0.717) is 5.56 Å². The average molecular weight is 264 g/mol. The lowest BCUT2D eigenvalue weighted by atomic mass is 10.1. The van der Waals surface area contributed by atoms with E-state index in [4.69, 9.17) is 4.74 Å². The van der Waals surface area contributed by atoms with Crippen LogP contribution in [0.4, 0.5) is 0 Å². The number of aryl methyl sites for hydroxylation is 3. The number of ether oxygens (including phenoxy) is 1. The first-order chi connectivity index (χ1) is 8.45. The van der Waals surface area contributed by atoms with Crippen LogP contribution in [0.2, 0.25) is 0 Å². The summed E-state index contributed by atoms with van der Waals surface area (Å²) in [6.45, 7) is 7.80. The van der Waals surface area contributed by atoms with Gasteiger partial charge in [-0.25, -0.2) is 9.78 Å². The molecule has 0 amide bonds. The number of thiazole rings is 1. The monoisotopic (exact) mass is 264 g/mol. The summed E-state index contributed by atoms with van der Waals surface area (Å²) in [5.74, 6) is -0.308. The first-order valence-corrected chi connectivity index (χ1v) is 6.49. The Labute approximate surface area is 110 Å². The Hall–Kier alpha value is -1.62. The zero-order valence-electron chi connectivity index (χ0n) is 11.2. The number of aromatic nitrogens is 2. The molecule has 0 saturated carbocycles. The van der Waals surface area contributed by atoms with Gasteiger partial charge in [0.15, 0.2) is 0 Å². The van der Waals surface area contributed by atoms with E-state index >= 15 is 0 Å². The van der Waals surface area contributed by atoms with Crippen molar-refractivity contribution in [2.75, 3.05) is 7.11 Å². The molecule has 0 spiro atoms. The summed E-state index contributed by atoms with van der Waals surface area (Å²) in [5.41, 5.74) is 4.16. The molecule has 0 fully saturated rings. The van der Waals surface area contributed by atoms with E-state index in [1.54, 1.807) is 11.3 Å². The van der Waals surface area contributed by atoms with Crippen molar-refractivity contribution in [2.45, 2.75) is 27.7 Å². The Kier molecular flexibility index (Phi) is 3.26. The number of nitrogens with one attached hydrogen (secondary N) is 1. The quantitative estimate of drug-likeness (QED) is 0.848. The van der Waals surface area contributed by atoms with Crippen LogP contribution in [-0.2, 0) is 4.74 Å². The molecule has 0 aromatic carbocycles. The van der Waals surface area contributed by atoms with Crippen LogP contribution in [0.15, 0.2) is 0 Å². The van der Waals surface area contributed by atoms with Crippen LogP contribution in [0.3, 0.4) is 0 Å². The first kappa shape index (κ1) is 12.8. The van der Waals surface area contributed by atoms with Crippen molar-refractivity contribution in [1.82, 2.24) is 9.97 Å². The van der Waals surface area contributed by atoms with Gasteiger partial charge < -0.3 is 9.72 Å². The minimum atomic E-state index is -0.308. The molecule has 1 N–H and O–H groups in total. The predicted octanol–water partition coefficient (Wildman–Crippen LogP) is 3.16. The fraction of sp³-hybridized carbons (Fsp3) is 0.385. The summed E-state index contributed by atoms with van der Waals surface area (Å²) in [6, 6.07) is 0. The molecular formula is C13H16N2O2S. The van der Waals surface area contributed by atoms with E-state index in [1.807, 2.05) is 27.7 Å². The number of rotatable bonds is 2. The van der Waals surface area contributed by atoms with Gasteiger partial charge in [0.05, 0.1) is 23.4 Å².